The standard InChI is InChI=1S/C19H13BrCl3N5O/c1-9(2)27-18(25-16-11(19(27)29)6-10(21)7-13(16)23)14-8-15(20)26-28(14)17-12(22)4-3-5-24-17/h3-9H,1-2H3. The summed E-state index contributed by atoms with van der Waals surface area (Å²) in [6.45, 7) is 3.79. The molecule has 0 atom stereocenters. The maximum atomic E-state index is 13.3. The average Bonchev–Trinajstić information content (AvgIpc) is 3.03. The van der Waals surface area contributed by atoms with E-state index in [0.717, 1.165) is 0 Å². The summed E-state index contributed by atoms with van der Waals surface area (Å²) in [5.74, 6) is 0.809. The second-order valence-corrected chi connectivity index (χ2v) is 8.62. The summed E-state index contributed by atoms with van der Waals surface area (Å²) in [6, 6.07) is 8.14. The monoisotopic (exact) mass is 511 g/mol. The van der Waals surface area contributed by atoms with Gasteiger partial charge in [-0.25, -0.2) is 14.6 Å². The molecule has 0 saturated carbocycles. The molecule has 4 aromatic rings. The van der Waals surface area contributed by atoms with E-state index in [1.165, 1.54) is 0 Å². The van der Waals surface area contributed by atoms with Crippen LogP contribution in [-0.4, -0.2) is 24.3 Å². The number of rotatable bonds is 3. The fourth-order valence-corrected chi connectivity index (χ4v) is 4.21. The molecule has 0 amide bonds. The highest BCUT2D eigenvalue weighted by Gasteiger charge is 2.22. The molecule has 3 aromatic heterocycles. The van der Waals surface area contributed by atoms with E-state index in [1.807, 2.05) is 13.8 Å². The van der Waals surface area contributed by atoms with E-state index < -0.39 is 0 Å². The molecule has 0 aliphatic heterocycles. The number of halogens is 4. The number of benzene rings is 1. The molecule has 0 unspecified atom stereocenters. The number of nitrogens with zero attached hydrogens (tertiary/aromatic N) is 5. The second kappa shape index (κ2) is 7.72. The molecule has 0 bridgehead atoms. The SMILES string of the molecule is CC(C)n1c(-c2cc(Br)nn2-c2ncccc2Cl)nc2c(Cl)cc(Cl)cc2c1=O. The van der Waals surface area contributed by atoms with Crippen molar-refractivity contribution in [2.75, 3.05) is 0 Å². The third kappa shape index (κ3) is 3.57. The first-order valence-corrected chi connectivity index (χ1v) is 10.5. The van der Waals surface area contributed by atoms with E-state index in [0.29, 0.717) is 47.9 Å². The van der Waals surface area contributed by atoms with Crippen molar-refractivity contribution in [2.24, 2.45) is 0 Å². The summed E-state index contributed by atoms with van der Waals surface area (Å²) in [4.78, 5) is 22.4. The van der Waals surface area contributed by atoms with Gasteiger partial charge in [-0.2, -0.15) is 5.10 Å². The maximum Gasteiger partial charge on any atom is 0.262 e. The first kappa shape index (κ1) is 20.3. The molecule has 0 saturated heterocycles. The fraction of sp³-hybridized carbons (Fsp3) is 0.158. The molecule has 0 aliphatic rings. The van der Waals surface area contributed by atoms with Gasteiger partial charge in [-0.15, -0.1) is 0 Å². The Bertz CT molecular complexity index is 1320. The Morgan fingerprint density at radius 3 is 2.55 bits per heavy atom. The zero-order chi connectivity index (χ0) is 20.9. The lowest BCUT2D eigenvalue weighted by Gasteiger charge is -2.18. The summed E-state index contributed by atoms with van der Waals surface area (Å²) in [6.07, 6.45) is 1.61. The van der Waals surface area contributed by atoms with Crippen LogP contribution in [0.4, 0.5) is 0 Å². The first-order valence-electron chi connectivity index (χ1n) is 8.56. The average molecular weight is 514 g/mol. The van der Waals surface area contributed by atoms with Gasteiger partial charge < -0.3 is 0 Å². The van der Waals surface area contributed by atoms with Crippen LogP contribution in [0.15, 0.2) is 45.9 Å². The minimum absolute atomic E-state index is 0.187. The van der Waals surface area contributed by atoms with Crippen LogP contribution < -0.4 is 5.56 Å². The molecule has 4 rings (SSSR count). The molecule has 10 heteroatoms. The molecule has 0 fully saturated rings. The van der Waals surface area contributed by atoms with Crippen LogP contribution in [0.3, 0.4) is 0 Å². The van der Waals surface area contributed by atoms with Gasteiger partial charge in [0.15, 0.2) is 11.6 Å². The minimum atomic E-state index is -0.250. The quantitative estimate of drug-likeness (QED) is 0.340. The predicted molar refractivity (Wildman–Crippen MR) is 119 cm³/mol. The van der Waals surface area contributed by atoms with Crippen molar-refractivity contribution in [3.8, 4) is 17.3 Å². The van der Waals surface area contributed by atoms with E-state index in [9.17, 15) is 4.79 Å². The third-order valence-electron chi connectivity index (χ3n) is 4.29. The van der Waals surface area contributed by atoms with Crippen molar-refractivity contribution in [1.82, 2.24) is 24.3 Å². The lowest BCUT2D eigenvalue weighted by atomic mass is 10.2. The molecule has 3 heterocycles. The largest absolute Gasteiger partial charge is 0.288 e. The number of fused-ring (bicyclic) bond motifs is 1. The maximum absolute atomic E-state index is 13.3. The summed E-state index contributed by atoms with van der Waals surface area (Å²) in [5, 5.41) is 5.87. The molecule has 0 N–H and O–H groups in total. The van der Waals surface area contributed by atoms with E-state index in [1.54, 1.807) is 45.8 Å². The molecule has 6 nitrogen and oxygen atoms in total. The Morgan fingerprint density at radius 2 is 1.86 bits per heavy atom. The van der Waals surface area contributed by atoms with Gasteiger partial charge in [0.1, 0.15) is 10.3 Å². The first-order chi connectivity index (χ1) is 13.8. The molecule has 0 spiro atoms. The number of pyridine rings is 1. The second-order valence-electron chi connectivity index (χ2n) is 6.56. The van der Waals surface area contributed by atoms with Crippen molar-refractivity contribution in [3.63, 3.8) is 0 Å². The van der Waals surface area contributed by atoms with Crippen molar-refractivity contribution >= 4 is 61.6 Å². The highest BCUT2D eigenvalue weighted by Crippen LogP contribution is 2.31. The van der Waals surface area contributed by atoms with Gasteiger partial charge >= 0.3 is 0 Å². The van der Waals surface area contributed by atoms with Crippen LogP contribution >= 0.6 is 50.7 Å². The summed E-state index contributed by atoms with van der Waals surface area (Å²) >= 11 is 22.2. The zero-order valence-corrected chi connectivity index (χ0v) is 19.1. The van der Waals surface area contributed by atoms with Crippen LogP contribution in [0.2, 0.25) is 15.1 Å². The topological polar surface area (TPSA) is 65.6 Å². The van der Waals surface area contributed by atoms with Crippen molar-refractivity contribution in [2.45, 2.75) is 19.9 Å². The van der Waals surface area contributed by atoms with Gasteiger partial charge in [0.25, 0.3) is 5.56 Å². The molecule has 1 aromatic carbocycles. The van der Waals surface area contributed by atoms with Crippen LogP contribution in [0.1, 0.15) is 19.9 Å². The van der Waals surface area contributed by atoms with E-state index in [2.05, 4.69) is 26.0 Å². The molecule has 29 heavy (non-hydrogen) atoms. The Hall–Kier alpha value is -1.93. The van der Waals surface area contributed by atoms with Gasteiger partial charge in [-0.1, -0.05) is 34.8 Å². The number of hydrogen-bond acceptors (Lipinski definition) is 4. The van der Waals surface area contributed by atoms with Gasteiger partial charge in [-0.05, 0) is 54.0 Å². The van der Waals surface area contributed by atoms with E-state index in [-0.39, 0.29) is 11.6 Å². The van der Waals surface area contributed by atoms with Gasteiger partial charge in [0.2, 0.25) is 0 Å². The molecule has 0 aliphatic carbocycles. The number of hydrogen-bond donors (Lipinski definition) is 0. The summed E-state index contributed by atoms with van der Waals surface area (Å²) in [5.41, 5.74) is 0.653. The van der Waals surface area contributed by atoms with Crippen molar-refractivity contribution in [3.05, 3.63) is 66.6 Å². The Labute approximate surface area is 189 Å². The van der Waals surface area contributed by atoms with Crippen molar-refractivity contribution < 1.29 is 0 Å². The van der Waals surface area contributed by atoms with Crippen LogP contribution in [0, 0.1) is 0 Å². The minimum Gasteiger partial charge on any atom is -0.288 e. The smallest absolute Gasteiger partial charge is 0.262 e. The Balaban J connectivity index is 2.12. The van der Waals surface area contributed by atoms with E-state index in [4.69, 9.17) is 39.8 Å². The lowest BCUT2D eigenvalue weighted by molar-refractivity contribution is 0.578. The molecular formula is C19H13BrCl3N5O. The zero-order valence-electron chi connectivity index (χ0n) is 15.2. The third-order valence-corrected chi connectivity index (χ3v) is 5.48. The van der Waals surface area contributed by atoms with Gasteiger partial charge in [0, 0.05) is 23.3 Å². The molecule has 148 valence electrons. The predicted octanol–water partition coefficient (Wildman–Crippen LogP) is 5.95. The fourth-order valence-electron chi connectivity index (χ4n) is 3.09. The molecular weight excluding hydrogens is 501 g/mol. The van der Waals surface area contributed by atoms with Crippen molar-refractivity contribution in [1.29, 1.82) is 0 Å². The van der Waals surface area contributed by atoms with Gasteiger partial charge in [-0.3, -0.25) is 9.36 Å². The Morgan fingerprint density at radius 1 is 1.10 bits per heavy atom. The highest BCUT2D eigenvalue weighted by atomic mass is 79.9. The van der Waals surface area contributed by atoms with Gasteiger partial charge in [0.05, 0.1) is 20.9 Å². The Kier molecular flexibility index (Phi) is 5.42. The van der Waals surface area contributed by atoms with E-state index >= 15 is 0 Å². The highest BCUT2D eigenvalue weighted by molar-refractivity contribution is 9.10. The summed E-state index contributed by atoms with van der Waals surface area (Å²) in [7, 11) is 0. The van der Waals surface area contributed by atoms with Crippen LogP contribution in [0.5, 0.6) is 0 Å². The summed E-state index contributed by atoms with van der Waals surface area (Å²) < 4.78 is 3.66. The normalized spacial score (nSPS) is 11.6. The number of aromatic nitrogens is 5. The van der Waals surface area contributed by atoms with Crippen LogP contribution in [0.25, 0.3) is 28.2 Å². The molecule has 0 radical (unpaired) electrons. The van der Waals surface area contributed by atoms with Crippen LogP contribution in [-0.2, 0) is 0 Å². The lowest BCUT2D eigenvalue weighted by Crippen LogP contribution is -2.26.